The molecule has 0 heterocycles. The van der Waals surface area contributed by atoms with Crippen molar-refractivity contribution < 1.29 is 13.5 Å². The molecule has 0 atom stereocenters. The molecule has 1 aromatic rings. The highest BCUT2D eigenvalue weighted by Gasteiger charge is 2.14. The third-order valence-corrected chi connectivity index (χ3v) is 5.25. The minimum absolute atomic E-state index is 0.185. The Kier molecular flexibility index (Phi) is 7.31. The fourth-order valence-electron chi connectivity index (χ4n) is 1.52. The highest BCUT2D eigenvalue weighted by Crippen LogP contribution is 2.25. The van der Waals surface area contributed by atoms with E-state index in [2.05, 4.69) is 20.7 Å². The molecule has 0 spiro atoms. The van der Waals surface area contributed by atoms with Gasteiger partial charge in [0.15, 0.2) is 0 Å². The van der Waals surface area contributed by atoms with Gasteiger partial charge in [-0.15, -0.1) is 0 Å². The van der Waals surface area contributed by atoms with E-state index in [1.54, 1.807) is 6.07 Å². The minimum atomic E-state index is -3.48. The smallest absolute Gasteiger partial charge is 0.240 e. The molecule has 0 aliphatic carbocycles. The molecule has 0 amide bonds. The van der Waals surface area contributed by atoms with Crippen LogP contribution >= 0.6 is 27.5 Å². The Balaban J connectivity index is 2.49. The second kappa shape index (κ2) is 8.21. The van der Waals surface area contributed by atoms with Crippen molar-refractivity contribution in [2.45, 2.75) is 30.6 Å². The Labute approximate surface area is 127 Å². The Morgan fingerprint density at radius 2 is 1.89 bits per heavy atom. The van der Waals surface area contributed by atoms with Crippen LogP contribution in [0.5, 0.6) is 0 Å². The number of rotatable bonds is 8. The number of aliphatic hydroxyl groups is 1. The first kappa shape index (κ1) is 16.9. The molecule has 1 rings (SSSR count). The van der Waals surface area contributed by atoms with Crippen molar-refractivity contribution in [3.8, 4) is 0 Å². The molecule has 7 heteroatoms. The summed E-state index contributed by atoms with van der Waals surface area (Å²) in [6, 6.07) is 4.50. The SMILES string of the molecule is O=S(=O)(NCCCCCCO)c1ccc(Cl)c(Br)c1. The maximum atomic E-state index is 12.0. The van der Waals surface area contributed by atoms with Gasteiger partial charge in [-0.05, 0) is 47.0 Å². The normalized spacial score (nSPS) is 11.7. The average molecular weight is 371 g/mol. The van der Waals surface area contributed by atoms with Gasteiger partial charge in [0.2, 0.25) is 10.0 Å². The van der Waals surface area contributed by atoms with Crippen LogP contribution in [0.25, 0.3) is 0 Å². The summed E-state index contributed by atoms with van der Waals surface area (Å²) in [7, 11) is -3.48. The molecule has 0 radical (unpaired) electrons. The van der Waals surface area contributed by atoms with Crippen LogP contribution < -0.4 is 4.72 Å². The van der Waals surface area contributed by atoms with E-state index < -0.39 is 10.0 Å². The van der Waals surface area contributed by atoms with Crippen LogP contribution in [0.2, 0.25) is 5.02 Å². The zero-order valence-electron chi connectivity index (χ0n) is 10.4. The van der Waals surface area contributed by atoms with Gasteiger partial charge >= 0.3 is 0 Å². The summed E-state index contributed by atoms with van der Waals surface area (Å²) >= 11 is 9.02. The number of hydrogen-bond donors (Lipinski definition) is 2. The van der Waals surface area contributed by atoms with Crippen LogP contribution in [0.4, 0.5) is 0 Å². The molecular weight excluding hydrogens is 354 g/mol. The lowest BCUT2D eigenvalue weighted by Gasteiger charge is -2.07. The number of benzene rings is 1. The van der Waals surface area contributed by atoms with E-state index in [9.17, 15) is 8.42 Å². The highest BCUT2D eigenvalue weighted by molar-refractivity contribution is 9.10. The molecule has 0 aliphatic rings. The van der Waals surface area contributed by atoms with E-state index in [4.69, 9.17) is 16.7 Å². The molecule has 0 saturated carbocycles. The molecule has 0 aromatic heterocycles. The Morgan fingerprint density at radius 3 is 2.53 bits per heavy atom. The zero-order valence-corrected chi connectivity index (χ0v) is 13.6. The third-order valence-electron chi connectivity index (χ3n) is 2.58. The summed E-state index contributed by atoms with van der Waals surface area (Å²) in [4.78, 5) is 0.194. The quantitative estimate of drug-likeness (QED) is 0.691. The van der Waals surface area contributed by atoms with Crippen molar-refractivity contribution in [1.82, 2.24) is 4.72 Å². The molecule has 0 fully saturated rings. The lowest BCUT2D eigenvalue weighted by atomic mass is 10.2. The number of sulfonamides is 1. The van der Waals surface area contributed by atoms with E-state index in [0.717, 1.165) is 25.7 Å². The lowest BCUT2D eigenvalue weighted by Crippen LogP contribution is -2.24. The third kappa shape index (κ3) is 5.79. The fourth-order valence-corrected chi connectivity index (χ4v) is 3.27. The van der Waals surface area contributed by atoms with Crippen molar-refractivity contribution in [3.05, 3.63) is 27.7 Å². The number of hydrogen-bond acceptors (Lipinski definition) is 3. The van der Waals surface area contributed by atoms with Gasteiger partial charge in [0.25, 0.3) is 0 Å². The maximum Gasteiger partial charge on any atom is 0.240 e. The molecule has 19 heavy (non-hydrogen) atoms. The first-order valence-corrected chi connectivity index (χ1v) is 8.68. The fraction of sp³-hybridized carbons (Fsp3) is 0.500. The van der Waals surface area contributed by atoms with E-state index >= 15 is 0 Å². The Hall–Kier alpha value is -0.140. The van der Waals surface area contributed by atoms with Crippen molar-refractivity contribution in [1.29, 1.82) is 0 Å². The number of nitrogens with one attached hydrogen (secondary N) is 1. The van der Waals surface area contributed by atoms with Gasteiger partial charge in [-0.2, -0.15) is 0 Å². The van der Waals surface area contributed by atoms with E-state index in [0.29, 0.717) is 16.0 Å². The minimum Gasteiger partial charge on any atom is -0.396 e. The molecule has 1 aromatic carbocycles. The summed E-state index contributed by atoms with van der Waals surface area (Å²) in [5, 5.41) is 9.10. The van der Waals surface area contributed by atoms with Crippen LogP contribution in [0, 0.1) is 0 Å². The summed E-state index contributed by atoms with van der Waals surface area (Å²) in [5.41, 5.74) is 0. The monoisotopic (exact) mass is 369 g/mol. The molecule has 108 valence electrons. The molecule has 0 bridgehead atoms. The molecule has 0 unspecified atom stereocenters. The van der Waals surface area contributed by atoms with Gasteiger partial charge in [0, 0.05) is 17.6 Å². The average Bonchev–Trinajstić information content (AvgIpc) is 2.36. The van der Waals surface area contributed by atoms with Crippen molar-refractivity contribution in [2.24, 2.45) is 0 Å². The van der Waals surface area contributed by atoms with Crippen LogP contribution in [0.3, 0.4) is 0 Å². The second-order valence-corrected chi connectivity index (χ2v) is 7.14. The Morgan fingerprint density at radius 1 is 1.21 bits per heavy atom. The summed E-state index contributed by atoms with van der Waals surface area (Å²) in [5.74, 6) is 0. The van der Waals surface area contributed by atoms with Crippen LogP contribution in [0.15, 0.2) is 27.6 Å². The first-order chi connectivity index (χ1) is 8.97. The number of halogens is 2. The number of aliphatic hydroxyl groups excluding tert-OH is 1. The highest BCUT2D eigenvalue weighted by atomic mass is 79.9. The second-order valence-electron chi connectivity index (χ2n) is 4.11. The molecule has 0 saturated heterocycles. The van der Waals surface area contributed by atoms with Crippen molar-refractivity contribution in [2.75, 3.05) is 13.2 Å². The summed E-state index contributed by atoms with van der Waals surface area (Å²) in [6.45, 7) is 0.582. The first-order valence-electron chi connectivity index (χ1n) is 6.03. The Bertz CT molecular complexity index is 508. The predicted octanol–water partition coefficient (Wildman–Crippen LogP) is 2.93. The van der Waals surface area contributed by atoms with Crippen LogP contribution in [-0.2, 0) is 10.0 Å². The van der Waals surface area contributed by atoms with Crippen molar-refractivity contribution in [3.63, 3.8) is 0 Å². The largest absolute Gasteiger partial charge is 0.396 e. The van der Waals surface area contributed by atoms with E-state index in [1.807, 2.05) is 0 Å². The van der Waals surface area contributed by atoms with Gasteiger partial charge < -0.3 is 5.11 Å². The zero-order chi connectivity index (χ0) is 14.3. The summed E-state index contributed by atoms with van der Waals surface area (Å²) < 4.78 is 27.0. The predicted molar refractivity (Wildman–Crippen MR) is 79.9 cm³/mol. The summed E-state index contributed by atoms with van der Waals surface area (Å²) in [6.07, 6.45) is 3.32. The van der Waals surface area contributed by atoms with Crippen molar-refractivity contribution >= 4 is 37.6 Å². The van der Waals surface area contributed by atoms with Gasteiger partial charge in [-0.3, -0.25) is 0 Å². The van der Waals surface area contributed by atoms with E-state index in [-0.39, 0.29) is 11.5 Å². The molecule has 4 nitrogen and oxygen atoms in total. The molecule has 0 aliphatic heterocycles. The number of unbranched alkanes of at least 4 members (excludes halogenated alkanes) is 3. The standard InChI is InChI=1S/C12H17BrClNO3S/c13-11-9-10(5-6-12(11)14)19(17,18)15-7-3-1-2-4-8-16/h5-6,9,15-16H,1-4,7-8H2. The van der Waals surface area contributed by atoms with Crippen LogP contribution in [0.1, 0.15) is 25.7 Å². The van der Waals surface area contributed by atoms with Crippen LogP contribution in [-0.4, -0.2) is 26.7 Å². The molecular formula is C12H17BrClNO3S. The van der Waals surface area contributed by atoms with Gasteiger partial charge in [0.05, 0.1) is 9.92 Å². The molecule has 2 N–H and O–H groups in total. The van der Waals surface area contributed by atoms with E-state index in [1.165, 1.54) is 12.1 Å². The van der Waals surface area contributed by atoms with Gasteiger partial charge in [0.1, 0.15) is 0 Å². The van der Waals surface area contributed by atoms with Gasteiger partial charge in [-0.1, -0.05) is 24.4 Å². The maximum absolute atomic E-state index is 12.0. The topological polar surface area (TPSA) is 66.4 Å². The van der Waals surface area contributed by atoms with Gasteiger partial charge in [-0.25, -0.2) is 13.1 Å². The lowest BCUT2D eigenvalue weighted by molar-refractivity contribution is 0.282.